The van der Waals surface area contributed by atoms with Gasteiger partial charge in [-0.05, 0) is 29.8 Å². The molecule has 0 saturated carbocycles. The van der Waals surface area contributed by atoms with Gasteiger partial charge in [-0.1, -0.05) is 56.1 Å². The zero-order valence-corrected chi connectivity index (χ0v) is 12.7. The van der Waals surface area contributed by atoms with E-state index in [4.69, 9.17) is 0 Å². The van der Waals surface area contributed by atoms with Gasteiger partial charge in [0.25, 0.3) is 5.91 Å². The van der Waals surface area contributed by atoms with E-state index in [1.807, 2.05) is 36.4 Å². The number of carbonyl (C=O) groups is 1. The van der Waals surface area contributed by atoms with Crippen LogP contribution in [0.3, 0.4) is 0 Å². The lowest BCUT2D eigenvalue weighted by Crippen LogP contribution is -2.22. The molecular formula is C14H11Br2NO. The molecule has 1 amide bonds. The van der Waals surface area contributed by atoms with Crippen molar-refractivity contribution in [3.05, 3.63) is 68.6 Å². The second-order valence-electron chi connectivity index (χ2n) is 3.78. The van der Waals surface area contributed by atoms with Crippen LogP contribution in [0.5, 0.6) is 0 Å². The minimum absolute atomic E-state index is 0.0768. The Morgan fingerprint density at radius 2 is 1.83 bits per heavy atom. The third-order valence-corrected chi connectivity index (χ3v) is 3.75. The highest BCUT2D eigenvalue weighted by molar-refractivity contribution is 9.10. The van der Waals surface area contributed by atoms with Gasteiger partial charge < -0.3 is 5.32 Å². The lowest BCUT2D eigenvalue weighted by atomic mass is 10.2. The van der Waals surface area contributed by atoms with Crippen molar-refractivity contribution in [2.45, 2.75) is 6.54 Å². The SMILES string of the molecule is O=C(NCc1ccccc1Br)c1cccc(Br)c1. The fraction of sp³-hybridized carbons (Fsp3) is 0.0714. The van der Waals surface area contributed by atoms with Crippen LogP contribution in [0, 0.1) is 0 Å². The Balaban J connectivity index is 2.03. The van der Waals surface area contributed by atoms with Crippen molar-refractivity contribution >= 4 is 37.8 Å². The maximum atomic E-state index is 11.9. The van der Waals surface area contributed by atoms with Crippen LogP contribution in [0.15, 0.2) is 57.5 Å². The van der Waals surface area contributed by atoms with Crippen LogP contribution in [0.4, 0.5) is 0 Å². The smallest absolute Gasteiger partial charge is 0.251 e. The Morgan fingerprint density at radius 3 is 2.56 bits per heavy atom. The first-order valence-electron chi connectivity index (χ1n) is 5.44. The van der Waals surface area contributed by atoms with E-state index in [0.717, 1.165) is 14.5 Å². The van der Waals surface area contributed by atoms with E-state index in [1.165, 1.54) is 0 Å². The molecule has 0 radical (unpaired) electrons. The summed E-state index contributed by atoms with van der Waals surface area (Å²) < 4.78 is 1.90. The molecule has 4 heteroatoms. The molecule has 0 heterocycles. The van der Waals surface area contributed by atoms with Gasteiger partial charge in [0.1, 0.15) is 0 Å². The fourth-order valence-corrected chi connectivity index (χ4v) is 2.37. The third kappa shape index (κ3) is 3.43. The molecule has 18 heavy (non-hydrogen) atoms. The molecule has 2 aromatic carbocycles. The Labute approximate surface area is 123 Å². The number of halogens is 2. The monoisotopic (exact) mass is 367 g/mol. The second kappa shape index (κ2) is 6.16. The lowest BCUT2D eigenvalue weighted by molar-refractivity contribution is 0.0951. The van der Waals surface area contributed by atoms with Crippen molar-refractivity contribution in [3.8, 4) is 0 Å². The summed E-state index contributed by atoms with van der Waals surface area (Å²) in [6, 6.07) is 15.2. The molecule has 0 unspecified atom stereocenters. The average Bonchev–Trinajstić information content (AvgIpc) is 2.37. The highest BCUT2D eigenvalue weighted by Crippen LogP contribution is 2.16. The number of carbonyl (C=O) groups excluding carboxylic acids is 1. The van der Waals surface area contributed by atoms with E-state index in [-0.39, 0.29) is 5.91 Å². The molecule has 0 bridgehead atoms. The molecule has 0 aromatic heterocycles. The molecule has 2 nitrogen and oxygen atoms in total. The van der Waals surface area contributed by atoms with Crippen LogP contribution < -0.4 is 5.32 Å². The van der Waals surface area contributed by atoms with Gasteiger partial charge in [-0.3, -0.25) is 4.79 Å². The van der Waals surface area contributed by atoms with Gasteiger partial charge in [0.15, 0.2) is 0 Å². The first kappa shape index (κ1) is 13.3. The minimum atomic E-state index is -0.0768. The van der Waals surface area contributed by atoms with E-state index in [9.17, 15) is 4.79 Å². The first-order valence-corrected chi connectivity index (χ1v) is 7.02. The summed E-state index contributed by atoms with van der Waals surface area (Å²) in [4.78, 5) is 11.9. The summed E-state index contributed by atoms with van der Waals surface area (Å²) in [5.74, 6) is -0.0768. The largest absolute Gasteiger partial charge is 0.348 e. The van der Waals surface area contributed by atoms with Crippen LogP contribution in [-0.4, -0.2) is 5.91 Å². The van der Waals surface area contributed by atoms with E-state index in [0.29, 0.717) is 12.1 Å². The van der Waals surface area contributed by atoms with Crippen LogP contribution in [0.2, 0.25) is 0 Å². The third-order valence-electron chi connectivity index (χ3n) is 2.48. The quantitative estimate of drug-likeness (QED) is 0.866. The predicted molar refractivity (Wildman–Crippen MR) is 79.5 cm³/mol. The van der Waals surface area contributed by atoms with E-state index >= 15 is 0 Å². The van der Waals surface area contributed by atoms with Gasteiger partial charge in [-0.2, -0.15) is 0 Å². The normalized spacial score (nSPS) is 10.1. The summed E-state index contributed by atoms with van der Waals surface area (Å²) in [5, 5.41) is 2.89. The fourth-order valence-electron chi connectivity index (χ4n) is 1.55. The standard InChI is InChI=1S/C14H11Br2NO/c15-12-6-3-5-10(8-12)14(18)17-9-11-4-1-2-7-13(11)16/h1-8H,9H2,(H,17,18). The molecule has 0 spiro atoms. The van der Waals surface area contributed by atoms with Gasteiger partial charge in [-0.15, -0.1) is 0 Å². The zero-order valence-electron chi connectivity index (χ0n) is 9.49. The van der Waals surface area contributed by atoms with Gasteiger partial charge in [0, 0.05) is 21.1 Å². The van der Waals surface area contributed by atoms with Gasteiger partial charge in [-0.25, -0.2) is 0 Å². The van der Waals surface area contributed by atoms with E-state index in [2.05, 4.69) is 37.2 Å². The van der Waals surface area contributed by atoms with Crippen LogP contribution >= 0.6 is 31.9 Å². The summed E-state index contributed by atoms with van der Waals surface area (Å²) >= 11 is 6.81. The molecule has 92 valence electrons. The molecule has 0 fully saturated rings. The maximum absolute atomic E-state index is 11.9. The summed E-state index contributed by atoms with van der Waals surface area (Å²) in [5.41, 5.74) is 1.71. The molecule has 2 aromatic rings. The Hall–Kier alpha value is -1.13. The summed E-state index contributed by atoms with van der Waals surface area (Å²) in [7, 11) is 0. The molecule has 0 saturated heterocycles. The highest BCUT2D eigenvalue weighted by atomic mass is 79.9. The lowest BCUT2D eigenvalue weighted by Gasteiger charge is -2.07. The van der Waals surface area contributed by atoms with Crippen molar-refractivity contribution in [1.29, 1.82) is 0 Å². The number of hydrogen-bond acceptors (Lipinski definition) is 1. The van der Waals surface area contributed by atoms with Crippen molar-refractivity contribution in [3.63, 3.8) is 0 Å². The van der Waals surface area contributed by atoms with Crippen LogP contribution in [0.1, 0.15) is 15.9 Å². The highest BCUT2D eigenvalue weighted by Gasteiger charge is 2.06. The molecule has 0 aliphatic carbocycles. The molecule has 0 aliphatic heterocycles. The van der Waals surface area contributed by atoms with Gasteiger partial charge in [0.05, 0.1) is 0 Å². The number of rotatable bonds is 3. The zero-order chi connectivity index (χ0) is 13.0. The molecule has 1 N–H and O–H groups in total. The molecule has 0 aliphatic rings. The van der Waals surface area contributed by atoms with Crippen molar-refractivity contribution in [2.24, 2.45) is 0 Å². The van der Waals surface area contributed by atoms with Crippen molar-refractivity contribution < 1.29 is 4.79 Å². The average molecular weight is 369 g/mol. The Morgan fingerprint density at radius 1 is 1.06 bits per heavy atom. The summed E-state index contributed by atoms with van der Waals surface area (Å²) in [6.45, 7) is 0.507. The van der Waals surface area contributed by atoms with Gasteiger partial charge >= 0.3 is 0 Å². The topological polar surface area (TPSA) is 29.1 Å². The maximum Gasteiger partial charge on any atom is 0.251 e. The Kier molecular flexibility index (Phi) is 4.55. The molecule has 0 atom stereocenters. The van der Waals surface area contributed by atoms with Crippen LogP contribution in [-0.2, 0) is 6.54 Å². The number of benzene rings is 2. The van der Waals surface area contributed by atoms with Crippen LogP contribution in [0.25, 0.3) is 0 Å². The second-order valence-corrected chi connectivity index (χ2v) is 5.55. The predicted octanol–water partition coefficient (Wildman–Crippen LogP) is 4.14. The summed E-state index contributed by atoms with van der Waals surface area (Å²) in [6.07, 6.45) is 0. The number of hydrogen-bond donors (Lipinski definition) is 1. The molecular weight excluding hydrogens is 358 g/mol. The van der Waals surface area contributed by atoms with Crippen molar-refractivity contribution in [2.75, 3.05) is 0 Å². The van der Waals surface area contributed by atoms with E-state index < -0.39 is 0 Å². The van der Waals surface area contributed by atoms with Gasteiger partial charge in [0.2, 0.25) is 0 Å². The number of nitrogens with one attached hydrogen (secondary N) is 1. The Bertz CT molecular complexity index is 569. The molecule has 2 rings (SSSR count). The first-order chi connectivity index (χ1) is 8.66. The number of amides is 1. The minimum Gasteiger partial charge on any atom is -0.348 e. The van der Waals surface area contributed by atoms with E-state index in [1.54, 1.807) is 12.1 Å². The van der Waals surface area contributed by atoms with Crippen molar-refractivity contribution in [1.82, 2.24) is 5.32 Å².